The molecule has 2 aromatic carbocycles. The highest BCUT2D eigenvalue weighted by Crippen LogP contribution is 2.32. The zero-order chi connectivity index (χ0) is 15.0. The molecule has 0 radical (unpaired) electrons. The molecule has 21 heavy (non-hydrogen) atoms. The molecule has 3 rings (SSSR count). The maximum atomic E-state index is 13.2. The van der Waals surface area contributed by atoms with E-state index in [-0.39, 0.29) is 12.2 Å². The van der Waals surface area contributed by atoms with Gasteiger partial charge in [-0.3, -0.25) is 4.79 Å². The zero-order valence-corrected chi connectivity index (χ0v) is 13.1. The molecule has 0 aliphatic heterocycles. The Morgan fingerprint density at radius 2 is 1.95 bits per heavy atom. The number of halogens is 3. The van der Waals surface area contributed by atoms with Crippen molar-refractivity contribution in [1.29, 1.82) is 0 Å². The van der Waals surface area contributed by atoms with Crippen LogP contribution in [0.15, 0.2) is 46.3 Å². The third-order valence-electron chi connectivity index (χ3n) is 3.20. The molecule has 0 bridgehead atoms. The first-order valence-electron chi connectivity index (χ1n) is 6.19. The number of ketones is 1. The SMILES string of the molecule is O=C(Cc1ccc(F)c(F)c1)c1csc2c(Br)cccc12. The number of thiophene rings is 1. The van der Waals surface area contributed by atoms with Crippen LogP contribution in [0.25, 0.3) is 10.1 Å². The van der Waals surface area contributed by atoms with Crippen LogP contribution in [0.3, 0.4) is 0 Å². The van der Waals surface area contributed by atoms with Gasteiger partial charge in [-0.2, -0.15) is 0 Å². The number of benzene rings is 2. The van der Waals surface area contributed by atoms with E-state index in [1.165, 1.54) is 17.4 Å². The molecule has 0 aliphatic rings. The number of carbonyl (C=O) groups excluding carboxylic acids is 1. The lowest BCUT2D eigenvalue weighted by Crippen LogP contribution is -2.03. The second-order valence-electron chi connectivity index (χ2n) is 4.61. The fourth-order valence-electron chi connectivity index (χ4n) is 2.17. The molecule has 0 spiro atoms. The van der Waals surface area contributed by atoms with Gasteiger partial charge in [0.15, 0.2) is 17.4 Å². The Bertz CT molecular complexity index is 841. The van der Waals surface area contributed by atoms with Crippen LogP contribution in [0.4, 0.5) is 8.78 Å². The van der Waals surface area contributed by atoms with Crippen molar-refractivity contribution in [3.05, 3.63) is 69.0 Å². The van der Waals surface area contributed by atoms with E-state index in [0.29, 0.717) is 11.1 Å². The number of hydrogen-bond donors (Lipinski definition) is 0. The van der Waals surface area contributed by atoms with Crippen molar-refractivity contribution < 1.29 is 13.6 Å². The maximum Gasteiger partial charge on any atom is 0.168 e. The molecule has 0 amide bonds. The highest BCUT2D eigenvalue weighted by Gasteiger charge is 2.15. The largest absolute Gasteiger partial charge is 0.294 e. The third kappa shape index (κ3) is 2.76. The summed E-state index contributed by atoms with van der Waals surface area (Å²) >= 11 is 4.93. The van der Waals surface area contributed by atoms with Gasteiger partial charge in [-0.15, -0.1) is 11.3 Å². The predicted molar refractivity (Wildman–Crippen MR) is 83.9 cm³/mol. The molecule has 1 aromatic heterocycles. The summed E-state index contributed by atoms with van der Waals surface area (Å²) in [4.78, 5) is 12.4. The van der Waals surface area contributed by atoms with Gasteiger partial charge < -0.3 is 0 Å². The van der Waals surface area contributed by atoms with Crippen molar-refractivity contribution in [2.75, 3.05) is 0 Å². The van der Waals surface area contributed by atoms with E-state index in [9.17, 15) is 13.6 Å². The average Bonchev–Trinajstić information content (AvgIpc) is 2.88. The molecule has 0 unspecified atom stereocenters. The summed E-state index contributed by atoms with van der Waals surface area (Å²) in [6.07, 6.45) is 0.0511. The van der Waals surface area contributed by atoms with Crippen molar-refractivity contribution in [3.63, 3.8) is 0 Å². The van der Waals surface area contributed by atoms with E-state index in [4.69, 9.17) is 0 Å². The van der Waals surface area contributed by atoms with Crippen molar-refractivity contribution in [1.82, 2.24) is 0 Å². The third-order valence-corrected chi connectivity index (χ3v) is 5.15. The molecule has 0 aliphatic carbocycles. The van der Waals surface area contributed by atoms with Gasteiger partial charge in [0.05, 0.1) is 0 Å². The Balaban J connectivity index is 1.94. The van der Waals surface area contributed by atoms with Crippen LogP contribution in [0.1, 0.15) is 15.9 Å². The first-order valence-corrected chi connectivity index (χ1v) is 7.86. The molecular weight excluding hydrogens is 358 g/mol. The lowest BCUT2D eigenvalue weighted by Gasteiger charge is -2.02. The minimum absolute atomic E-state index is 0.0511. The highest BCUT2D eigenvalue weighted by atomic mass is 79.9. The summed E-state index contributed by atoms with van der Waals surface area (Å²) in [6.45, 7) is 0. The normalized spacial score (nSPS) is 11.0. The summed E-state index contributed by atoms with van der Waals surface area (Å²) in [5, 5.41) is 2.68. The highest BCUT2D eigenvalue weighted by molar-refractivity contribution is 9.10. The van der Waals surface area contributed by atoms with Gasteiger partial charge in [0.25, 0.3) is 0 Å². The minimum Gasteiger partial charge on any atom is -0.294 e. The smallest absolute Gasteiger partial charge is 0.168 e. The van der Waals surface area contributed by atoms with Gasteiger partial charge in [-0.25, -0.2) is 8.78 Å². The van der Waals surface area contributed by atoms with E-state index in [2.05, 4.69) is 15.9 Å². The average molecular weight is 367 g/mol. The number of hydrogen-bond acceptors (Lipinski definition) is 2. The molecule has 1 heterocycles. The molecule has 3 aromatic rings. The standard InChI is InChI=1S/C16H9BrF2OS/c17-12-3-1-2-10-11(8-21-16(10)12)15(20)7-9-4-5-13(18)14(19)6-9/h1-6,8H,7H2. The Morgan fingerprint density at radius 1 is 1.14 bits per heavy atom. The summed E-state index contributed by atoms with van der Waals surface area (Å²) in [6, 6.07) is 9.21. The van der Waals surface area contributed by atoms with Crippen molar-refractivity contribution in [2.45, 2.75) is 6.42 Å². The topological polar surface area (TPSA) is 17.1 Å². The fourth-order valence-corrected chi connectivity index (χ4v) is 3.79. The van der Waals surface area contributed by atoms with E-state index < -0.39 is 11.6 Å². The van der Waals surface area contributed by atoms with Crippen LogP contribution in [-0.2, 0) is 6.42 Å². The van der Waals surface area contributed by atoms with E-state index in [1.807, 2.05) is 18.2 Å². The Labute approximate surface area is 132 Å². The second-order valence-corrected chi connectivity index (χ2v) is 6.35. The summed E-state index contributed by atoms with van der Waals surface area (Å²) < 4.78 is 28.0. The van der Waals surface area contributed by atoms with Gasteiger partial charge in [-0.05, 0) is 39.7 Å². The number of Topliss-reactive ketones (excluding diaryl/α,β-unsaturated/α-hetero) is 1. The maximum absolute atomic E-state index is 13.2. The van der Waals surface area contributed by atoms with E-state index >= 15 is 0 Å². The molecular formula is C16H9BrF2OS. The van der Waals surface area contributed by atoms with Crippen LogP contribution < -0.4 is 0 Å². The molecule has 106 valence electrons. The first kappa shape index (κ1) is 14.4. The van der Waals surface area contributed by atoms with Gasteiger partial charge in [0.1, 0.15) is 0 Å². The molecule has 0 N–H and O–H groups in total. The number of rotatable bonds is 3. The van der Waals surface area contributed by atoms with Crippen LogP contribution >= 0.6 is 27.3 Å². The van der Waals surface area contributed by atoms with Gasteiger partial charge in [0, 0.05) is 31.9 Å². The molecule has 5 heteroatoms. The molecule has 1 nitrogen and oxygen atoms in total. The van der Waals surface area contributed by atoms with Crippen LogP contribution in [0.2, 0.25) is 0 Å². The van der Waals surface area contributed by atoms with E-state index in [1.54, 1.807) is 5.38 Å². The first-order chi connectivity index (χ1) is 10.1. The van der Waals surface area contributed by atoms with Crippen LogP contribution in [0.5, 0.6) is 0 Å². The quantitative estimate of drug-likeness (QED) is 0.569. The second kappa shape index (κ2) is 5.66. The Kier molecular flexibility index (Phi) is 3.87. The lowest BCUT2D eigenvalue weighted by atomic mass is 10.0. The fraction of sp³-hybridized carbons (Fsp3) is 0.0625. The molecule has 0 saturated carbocycles. The monoisotopic (exact) mass is 366 g/mol. The van der Waals surface area contributed by atoms with Crippen LogP contribution in [0, 0.1) is 11.6 Å². The number of carbonyl (C=O) groups is 1. The Morgan fingerprint density at radius 3 is 2.71 bits per heavy atom. The van der Waals surface area contributed by atoms with E-state index in [0.717, 1.165) is 26.7 Å². The lowest BCUT2D eigenvalue weighted by molar-refractivity contribution is 0.0995. The van der Waals surface area contributed by atoms with Crippen molar-refractivity contribution >= 4 is 43.1 Å². The summed E-state index contributed by atoms with van der Waals surface area (Å²) in [5.74, 6) is -1.94. The summed E-state index contributed by atoms with van der Waals surface area (Å²) in [7, 11) is 0. The molecule has 0 fully saturated rings. The molecule has 0 saturated heterocycles. The summed E-state index contributed by atoms with van der Waals surface area (Å²) in [5.41, 5.74) is 1.08. The minimum atomic E-state index is -0.932. The van der Waals surface area contributed by atoms with Crippen LogP contribution in [-0.4, -0.2) is 5.78 Å². The predicted octanol–water partition coefficient (Wildman–Crippen LogP) is 5.37. The Hall–Kier alpha value is -1.59. The van der Waals surface area contributed by atoms with Gasteiger partial charge >= 0.3 is 0 Å². The number of fused-ring (bicyclic) bond motifs is 1. The van der Waals surface area contributed by atoms with Crippen molar-refractivity contribution in [2.24, 2.45) is 0 Å². The zero-order valence-electron chi connectivity index (χ0n) is 10.7. The van der Waals surface area contributed by atoms with Gasteiger partial charge in [-0.1, -0.05) is 18.2 Å². The van der Waals surface area contributed by atoms with Crippen molar-refractivity contribution in [3.8, 4) is 0 Å². The molecule has 0 atom stereocenters. The van der Waals surface area contributed by atoms with Gasteiger partial charge in [0.2, 0.25) is 0 Å².